The van der Waals surface area contributed by atoms with Crippen molar-refractivity contribution < 1.29 is 0 Å². The van der Waals surface area contributed by atoms with Crippen molar-refractivity contribution in [3.8, 4) is 0 Å². The van der Waals surface area contributed by atoms with Crippen molar-refractivity contribution in [1.82, 2.24) is 9.97 Å². The van der Waals surface area contributed by atoms with Gasteiger partial charge in [-0.15, -0.1) is 0 Å². The Hall–Kier alpha value is -2.01. The van der Waals surface area contributed by atoms with Crippen LogP contribution in [-0.2, 0) is 0 Å². The van der Waals surface area contributed by atoms with E-state index in [2.05, 4.69) is 44.0 Å². The van der Waals surface area contributed by atoms with E-state index in [9.17, 15) is 0 Å². The lowest BCUT2D eigenvalue weighted by atomic mass is 10.2. The number of nitrogens with two attached hydrogens (primary N) is 1. The van der Waals surface area contributed by atoms with Crippen LogP contribution in [0.15, 0.2) is 36.5 Å². The van der Waals surface area contributed by atoms with E-state index in [0.717, 1.165) is 32.0 Å². The molecule has 1 aromatic heterocycles. The minimum atomic E-state index is 0.236. The molecule has 0 aliphatic carbocycles. The molecule has 1 aliphatic heterocycles. The lowest BCUT2D eigenvalue weighted by Gasteiger charge is -2.37. The molecular formula is C14H16ClN5. The van der Waals surface area contributed by atoms with E-state index in [-0.39, 0.29) is 5.28 Å². The first kappa shape index (κ1) is 13.0. The maximum atomic E-state index is 5.93. The highest BCUT2D eigenvalue weighted by Gasteiger charge is 2.20. The van der Waals surface area contributed by atoms with E-state index in [1.54, 1.807) is 6.20 Å². The van der Waals surface area contributed by atoms with Gasteiger partial charge in [0, 0.05) is 31.9 Å². The van der Waals surface area contributed by atoms with Gasteiger partial charge in [-0.25, -0.2) is 4.98 Å². The maximum absolute atomic E-state index is 5.93. The largest absolute Gasteiger partial charge is 0.394 e. The predicted molar refractivity (Wildman–Crippen MR) is 82.3 cm³/mol. The van der Waals surface area contributed by atoms with E-state index in [1.807, 2.05) is 6.07 Å². The molecule has 3 rings (SSSR count). The van der Waals surface area contributed by atoms with Gasteiger partial charge in [0.05, 0.1) is 11.9 Å². The van der Waals surface area contributed by atoms with Crippen LogP contribution in [0.4, 0.5) is 17.2 Å². The molecule has 0 bridgehead atoms. The summed E-state index contributed by atoms with van der Waals surface area (Å²) in [6.07, 6.45) is 1.56. The molecule has 1 fully saturated rings. The molecule has 104 valence electrons. The van der Waals surface area contributed by atoms with Crippen LogP contribution in [0.5, 0.6) is 0 Å². The van der Waals surface area contributed by atoms with E-state index < -0.39 is 0 Å². The first-order chi connectivity index (χ1) is 9.74. The number of piperazine rings is 1. The molecule has 1 saturated heterocycles. The summed E-state index contributed by atoms with van der Waals surface area (Å²) in [5.41, 5.74) is 7.75. The van der Waals surface area contributed by atoms with Crippen molar-refractivity contribution in [2.45, 2.75) is 0 Å². The van der Waals surface area contributed by atoms with Crippen molar-refractivity contribution in [2.75, 3.05) is 41.7 Å². The van der Waals surface area contributed by atoms with Gasteiger partial charge in [-0.2, -0.15) is 4.98 Å². The molecule has 0 saturated carbocycles. The summed E-state index contributed by atoms with van der Waals surface area (Å²) in [5.74, 6) is 0.734. The van der Waals surface area contributed by atoms with Gasteiger partial charge >= 0.3 is 0 Å². The summed E-state index contributed by atoms with van der Waals surface area (Å²) in [6, 6.07) is 10.4. The average Bonchev–Trinajstić information content (AvgIpc) is 2.51. The zero-order valence-corrected chi connectivity index (χ0v) is 11.8. The Balaban J connectivity index is 1.71. The van der Waals surface area contributed by atoms with Crippen molar-refractivity contribution >= 4 is 28.8 Å². The van der Waals surface area contributed by atoms with Gasteiger partial charge in [0.2, 0.25) is 5.28 Å². The van der Waals surface area contributed by atoms with Crippen molar-refractivity contribution in [2.24, 2.45) is 0 Å². The van der Waals surface area contributed by atoms with Gasteiger partial charge in [0.25, 0.3) is 0 Å². The van der Waals surface area contributed by atoms with Gasteiger partial charge in [0.15, 0.2) is 5.82 Å². The molecule has 1 aromatic carbocycles. The summed E-state index contributed by atoms with van der Waals surface area (Å²) in [7, 11) is 0. The molecule has 0 radical (unpaired) electrons. The number of halogens is 1. The van der Waals surface area contributed by atoms with Gasteiger partial charge < -0.3 is 15.5 Å². The van der Waals surface area contributed by atoms with Crippen LogP contribution in [0.25, 0.3) is 0 Å². The highest BCUT2D eigenvalue weighted by Crippen LogP contribution is 2.24. The van der Waals surface area contributed by atoms with E-state index in [1.165, 1.54) is 5.69 Å². The number of nitrogens with zero attached hydrogens (tertiary/aromatic N) is 4. The number of aromatic nitrogens is 2. The summed E-state index contributed by atoms with van der Waals surface area (Å²) >= 11 is 5.85. The predicted octanol–water partition coefficient (Wildman–Crippen LogP) is 2.04. The molecular weight excluding hydrogens is 274 g/mol. The minimum absolute atomic E-state index is 0.236. The SMILES string of the molecule is Nc1cnc(Cl)nc1N1CCN(c2ccccc2)CC1. The third-order valence-electron chi connectivity index (χ3n) is 3.47. The number of nitrogen functional groups attached to an aromatic ring is 1. The van der Waals surface area contributed by atoms with Gasteiger partial charge in [0.1, 0.15) is 0 Å². The minimum Gasteiger partial charge on any atom is -0.394 e. The van der Waals surface area contributed by atoms with Gasteiger partial charge in [-0.05, 0) is 23.7 Å². The number of hydrogen-bond donors (Lipinski definition) is 1. The van der Waals surface area contributed by atoms with Crippen LogP contribution in [0, 0.1) is 0 Å². The molecule has 0 unspecified atom stereocenters. The number of para-hydroxylation sites is 1. The van der Waals surface area contributed by atoms with Crippen molar-refractivity contribution in [3.05, 3.63) is 41.8 Å². The van der Waals surface area contributed by atoms with Gasteiger partial charge in [-0.3, -0.25) is 0 Å². The first-order valence-corrected chi connectivity index (χ1v) is 6.95. The Morgan fingerprint density at radius 2 is 1.65 bits per heavy atom. The Labute approximate surface area is 123 Å². The standard InChI is InChI=1S/C14H16ClN5/c15-14-17-10-12(16)13(18-14)20-8-6-19(7-9-20)11-4-2-1-3-5-11/h1-5,10H,6-9,16H2. The van der Waals surface area contributed by atoms with Gasteiger partial charge in [-0.1, -0.05) is 18.2 Å². The normalized spacial score (nSPS) is 15.4. The Kier molecular flexibility index (Phi) is 3.60. The zero-order valence-electron chi connectivity index (χ0n) is 11.0. The third-order valence-corrected chi connectivity index (χ3v) is 3.65. The molecule has 0 amide bonds. The zero-order chi connectivity index (χ0) is 13.9. The summed E-state index contributed by atoms with van der Waals surface area (Å²) in [4.78, 5) is 12.6. The average molecular weight is 290 g/mol. The lowest BCUT2D eigenvalue weighted by Crippen LogP contribution is -2.47. The monoisotopic (exact) mass is 289 g/mol. The summed E-state index contributed by atoms with van der Waals surface area (Å²) in [5, 5.41) is 0.236. The number of anilines is 3. The van der Waals surface area contributed by atoms with E-state index in [0.29, 0.717) is 5.69 Å². The van der Waals surface area contributed by atoms with Crippen molar-refractivity contribution in [3.63, 3.8) is 0 Å². The molecule has 2 aromatic rings. The molecule has 6 heteroatoms. The quantitative estimate of drug-likeness (QED) is 0.858. The fourth-order valence-electron chi connectivity index (χ4n) is 2.43. The molecule has 2 heterocycles. The first-order valence-electron chi connectivity index (χ1n) is 6.57. The summed E-state index contributed by atoms with van der Waals surface area (Å²) in [6.45, 7) is 3.61. The van der Waals surface area contributed by atoms with Crippen LogP contribution in [0.3, 0.4) is 0 Å². The second-order valence-electron chi connectivity index (χ2n) is 4.73. The smallest absolute Gasteiger partial charge is 0.224 e. The van der Waals surface area contributed by atoms with Crippen LogP contribution in [0.2, 0.25) is 5.28 Å². The van der Waals surface area contributed by atoms with Crippen LogP contribution < -0.4 is 15.5 Å². The molecule has 0 spiro atoms. The highest BCUT2D eigenvalue weighted by atomic mass is 35.5. The Morgan fingerprint density at radius 1 is 1.00 bits per heavy atom. The molecule has 5 nitrogen and oxygen atoms in total. The van der Waals surface area contributed by atoms with Crippen LogP contribution in [-0.4, -0.2) is 36.1 Å². The van der Waals surface area contributed by atoms with Crippen LogP contribution >= 0.6 is 11.6 Å². The number of rotatable bonds is 2. The fraction of sp³-hybridized carbons (Fsp3) is 0.286. The van der Waals surface area contributed by atoms with Crippen LogP contribution in [0.1, 0.15) is 0 Å². The molecule has 2 N–H and O–H groups in total. The summed E-state index contributed by atoms with van der Waals surface area (Å²) < 4.78 is 0. The molecule has 1 aliphatic rings. The third kappa shape index (κ3) is 2.63. The highest BCUT2D eigenvalue weighted by molar-refractivity contribution is 6.28. The Bertz CT molecular complexity index is 581. The van der Waals surface area contributed by atoms with E-state index >= 15 is 0 Å². The fourth-order valence-corrected chi connectivity index (χ4v) is 2.56. The second kappa shape index (κ2) is 5.54. The molecule has 20 heavy (non-hydrogen) atoms. The Morgan fingerprint density at radius 3 is 2.35 bits per heavy atom. The maximum Gasteiger partial charge on any atom is 0.224 e. The second-order valence-corrected chi connectivity index (χ2v) is 5.07. The lowest BCUT2D eigenvalue weighted by molar-refractivity contribution is 0.647. The number of benzene rings is 1. The van der Waals surface area contributed by atoms with Crippen molar-refractivity contribution in [1.29, 1.82) is 0 Å². The number of hydrogen-bond acceptors (Lipinski definition) is 5. The molecule has 0 atom stereocenters. The van der Waals surface area contributed by atoms with E-state index in [4.69, 9.17) is 17.3 Å². The topological polar surface area (TPSA) is 58.3 Å².